The fourth-order valence-electron chi connectivity index (χ4n) is 5.92. The summed E-state index contributed by atoms with van der Waals surface area (Å²) in [5.41, 5.74) is 5.97. The molecule has 3 aromatic carbocycles. The van der Waals surface area contributed by atoms with Gasteiger partial charge in [0, 0.05) is 6.54 Å². The Morgan fingerprint density at radius 2 is 1.30 bits per heavy atom. The van der Waals surface area contributed by atoms with Crippen molar-refractivity contribution >= 4 is 45.8 Å². The third kappa shape index (κ3) is 7.20. The van der Waals surface area contributed by atoms with Crippen molar-refractivity contribution in [2.24, 2.45) is 11.7 Å². The van der Waals surface area contributed by atoms with Crippen LogP contribution >= 0.6 is 6.89 Å². The van der Waals surface area contributed by atoms with E-state index in [1.165, 1.54) is 0 Å². The molecule has 228 valence electrons. The largest absolute Gasteiger partial charge is 0.458 e. The van der Waals surface area contributed by atoms with E-state index in [4.69, 9.17) is 10.5 Å². The Morgan fingerprint density at radius 1 is 0.837 bits per heavy atom. The number of esters is 1. The quantitative estimate of drug-likeness (QED) is 0.216. The Labute approximate surface area is 256 Å². The second kappa shape index (κ2) is 13.9. The van der Waals surface area contributed by atoms with Crippen molar-refractivity contribution in [2.45, 2.75) is 78.0 Å². The molecule has 2 atom stereocenters. The Morgan fingerprint density at radius 3 is 1.72 bits per heavy atom. The number of Topliss-reactive ketones (excluding diaryl/α,β-unsaturated/α-hetero) is 1. The molecule has 6 nitrogen and oxygen atoms in total. The fourth-order valence-corrected chi connectivity index (χ4v) is 10.4. The van der Waals surface area contributed by atoms with Crippen molar-refractivity contribution in [3.8, 4) is 0 Å². The first kappa shape index (κ1) is 32.4. The SMILES string of the molecule is CC(C)C[C@@H](N)C(=O)C(C(=O)N1CCCC[C@H]1C(=O)OC(C)(C)C)=P(c1ccccc1)(c1ccccc1)c1ccccc1. The molecule has 0 aromatic heterocycles. The lowest BCUT2D eigenvalue weighted by Gasteiger charge is -2.39. The van der Waals surface area contributed by atoms with E-state index >= 15 is 4.79 Å². The molecule has 1 fully saturated rings. The van der Waals surface area contributed by atoms with Crippen molar-refractivity contribution < 1.29 is 19.1 Å². The van der Waals surface area contributed by atoms with E-state index in [0.717, 1.165) is 28.8 Å². The maximum atomic E-state index is 15.2. The predicted octanol–water partition coefficient (Wildman–Crippen LogP) is 4.82. The van der Waals surface area contributed by atoms with Crippen LogP contribution in [0.4, 0.5) is 0 Å². The number of hydrogen-bond donors (Lipinski definition) is 1. The van der Waals surface area contributed by atoms with Crippen LogP contribution in [0.1, 0.15) is 60.3 Å². The van der Waals surface area contributed by atoms with Gasteiger partial charge in [-0.25, -0.2) is 4.79 Å². The van der Waals surface area contributed by atoms with Crippen LogP contribution in [-0.2, 0) is 19.1 Å². The van der Waals surface area contributed by atoms with Gasteiger partial charge in [0.1, 0.15) is 11.6 Å². The summed E-state index contributed by atoms with van der Waals surface area (Å²) >= 11 is 0. The molecular weight excluding hydrogens is 555 g/mol. The van der Waals surface area contributed by atoms with Gasteiger partial charge in [0.15, 0.2) is 5.78 Å². The van der Waals surface area contributed by atoms with Gasteiger partial charge in [0.25, 0.3) is 5.91 Å². The summed E-state index contributed by atoms with van der Waals surface area (Å²) in [4.78, 5) is 45.2. The van der Waals surface area contributed by atoms with Crippen LogP contribution in [0.25, 0.3) is 0 Å². The van der Waals surface area contributed by atoms with Crippen molar-refractivity contribution in [2.75, 3.05) is 6.54 Å². The lowest BCUT2D eigenvalue weighted by atomic mass is 9.97. The molecule has 43 heavy (non-hydrogen) atoms. The van der Waals surface area contributed by atoms with Gasteiger partial charge >= 0.3 is 5.97 Å². The van der Waals surface area contributed by atoms with Crippen LogP contribution in [0.3, 0.4) is 0 Å². The maximum absolute atomic E-state index is 15.2. The summed E-state index contributed by atoms with van der Waals surface area (Å²) in [6.45, 7) is 6.77. The molecule has 0 aliphatic carbocycles. The lowest BCUT2D eigenvalue weighted by Crippen LogP contribution is -2.56. The van der Waals surface area contributed by atoms with Crippen molar-refractivity contribution in [1.29, 1.82) is 0 Å². The minimum atomic E-state index is -3.09. The fraction of sp³-hybridized carbons (Fsp3) is 0.389. The smallest absolute Gasteiger partial charge is 0.329 e. The molecular formula is C36H45N2O4P. The minimum absolute atomic E-state index is 0.151. The maximum Gasteiger partial charge on any atom is 0.329 e. The Hall–Kier alpha value is -3.47. The number of amides is 1. The molecule has 3 aromatic rings. The zero-order chi connectivity index (χ0) is 31.2. The molecule has 0 bridgehead atoms. The number of ether oxygens (including phenoxy) is 1. The van der Waals surface area contributed by atoms with Crippen LogP contribution in [-0.4, -0.2) is 52.1 Å². The number of rotatable bonds is 9. The predicted molar refractivity (Wildman–Crippen MR) is 178 cm³/mol. The summed E-state index contributed by atoms with van der Waals surface area (Å²) < 4.78 is 5.79. The highest BCUT2D eigenvalue weighted by Crippen LogP contribution is 2.47. The Bertz CT molecular complexity index is 1360. The molecule has 1 heterocycles. The van der Waals surface area contributed by atoms with E-state index in [2.05, 4.69) is 0 Å². The summed E-state index contributed by atoms with van der Waals surface area (Å²) in [5, 5.41) is 2.81. The van der Waals surface area contributed by atoms with Crippen LogP contribution < -0.4 is 21.6 Å². The standard InChI is InChI=1S/C36H45N2O4P/c1-26(2)25-30(37)32(39)33(34(40)38-24-16-15-23-31(38)35(41)42-36(3,4)5)43(27-17-9-6-10-18-27,28-19-11-7-12-20-28)29-21-13-8-14-22-29/h6-14,17-22,26,30-31H,15-16,23-25,37H2,1-5H3/t30-,31+/m1/s1. The van der Waals surface area contributed by atoms with Crippen LogP contribution in [0.15, 0.2) is 91.0 Å². The van der Waals surface area contributed by atoms with Gasteiger partial charge in [-0.1, -0.05) is 105 Å². The van der Waals surface area contributed by atoms with Gasteiger partial charge in [-0.05, 0) is 75.2 Å². The molecule has 4 rings (SSSR count). The Kier molecular flexibility index (Phi) is 10.5. The Balaban J connectivity index is 2.13. The van der Waals surface area contributed by atoms with Gasteiger partial charge in [0.05, 0.1) is 11.3 Å². The molecule has 0 saturated carbocycles. The summed E-state index contributed by atoms with van der Waals surface area (Å²) in [7, 11) is 0. The molecule has 2 N–H and O–H groups in total. The lowest BCUT2D eigenvalue weighted by molar-refractivity contribution is -0.165. The second-order valence-corrected chi connectivity index (χ2v) is 16.0. The van der Waals surface area contributed by atoms with Gasteiger partial charge in [-0.15, -0.1) is 0 Å². The zero-order valence-electron chi connectivity index (χ0n) is 26.0. The number of nitrogens with zero attached hydrogens (tertiary/aromatic N) is 1. The van der Waals surface area contributed by atoms with Gasteiger partial charge in [0.2, 0.25) is 0 Å². The first-order valence-electron chi connectivity index (χ1n) is 15.2. The number of carbonyl (C=O) groups excluding carboxylic acids is 3. The van der Waals surface area contributed by atoms with Crippen LogP contribution in [0.5, 0.6) is 0 Å². The van der Waals surface area contributed by atoms with E-state index in [9.17, 15) is 9.59 Å². The molecule has 1 aliphatic rings. The molecule has 1 amide bonds. The molecule has 0 spiro atoms. The van der Waals surface area contributed by atoms with E-state index < -0.39 is 36.4 Å². The van der Waals surface area contributed by atoms with Gasteiger partial charge in [-0.2, -0.15) is 0 Å². The minimum Gasteiger partial charge on any atom is -0.458 e. The number of ketones is 1. The van der Waals surface area contributed by atoms with Gasteiger partial charge < -0.3 is 15.4 Å². The highest BCUT2D eigenvalue weighted by Gasteiger charge is 2.44. The third-order valence-corrected chi connectivity index (χ3v) is 12.0. The highest BCUT2D eigenvalue weighted by atomic mass is 31.2. The average Bonchev–Trinajstić information content (AvgIpc) is 2.99. The number of likely N-dealkylation sites (tertiary alicyclic amines) is 1. The van der Waals surface area contributed by atoms with Crippen LogP contribution in [0, 0.1) is 5.92 Å². The number of nitrogens with two attached hydrogens (primary N) is 1. The summed E-state index contributed by atoms with van der Waals surface area (Å²) in [5.74, 6) is -1.08. The second-order valence-electron chi connectivity index (χ2n) is 12.7. The molecule has 1 aliphatic heterocycles. The topological polar surface area (TPSA) is 89.7 Å². The van der Waals surface area contributed by atoms with Crippen LogP contribution in [0.2, 0.25) is 0 Å². The molecule has 0 radical (unpaired) electrons. The molecule has 0 unspecified atom stereocenters. The molecule has 1 saturated heterocycles. The molecule has 7 heteroatoms. The summed E-state index contributed by atoms with van der Waals surface area (Å²) in [6, 6.07) is 27.8. The van der Waals surface area contributed by atoms with Gasteiger partial charge in [-0.3, -0.25) is 9.59 Å². The first-order chi connectivity index (χ1) is 20.5. The first-order valence-corrected chi connectivity index (χ1v) is 17.0. The normalized spacial score (nSPS) is 16.4. The van der Waals surface area contributed by atoms with Crippen molar-refractivity contribution in [1.82, 2.24) is 4.90 Å². The van der Waals surface area contributed by atoms with E-state index in [1.54, 1.807) is 4.90 Å². The number of hydrogen-bond acceptors (Lipinski definition) is 5. The summed E-state index contributed by atoms with van der Waals surface area (Å²) in [6.07, 6.45) is 2.44. The number of piperidine rings is 1. The number of benzene rings is 3. The highest BCUT2D eigenvalue weighted by molar-refractivity contribution is 7.97. The van der Waals surface area contributed by atoms with E-state index in [1.807, 2.05) is 126 Å². The average molecular weight is 601 g/mol. The van der Waals surface area contributed by atoms with E-state index in [0.29, 0.717) is 19.4 Å². The zero-order valence-corrected chi connectivity index (χ0v) is 26.9. The van der Waals surface area contributed by atoms with Crippen molar-refractivity contribution in [3.05, 3.63) is 91.0 Å². The number of carbonyl (C=O) groups is 3. The van der Waals surface area contributed by atoms with E-state index in [-0.39, 0.29) is 17.0 Å². The van der Waals surface area contributed by atoms with Crippen molar-refractivity contribution in [3.63, 3.8) is 0 Å². The third-order valence-electron chi connectivity index (χ3n) is 7.71. The monoisotopic (exact) mass is 600 g/mol.